The highest BCUT2D eigenvalue weighted by Crippen LogP contribution is 2.29. The minimum absolute atomic E-state index is 0.169. The van der Waals surface area contributed by atoms with E-state index in [9.17, 15) is 22.8 Å². The SMILES string of the molecule is Cc1nc(Cn2c(=O)nc(Nc3cc4cn(C)nc4cc3Cl)n(Cc3cc(F)c(F)cc3F)c2=O)nn1C. The molecule has 15 heteroatoms. The zero-order valence-electron chi connectivity index (χ0n) is 20.2. The Morgan fingerprint density at radius 1 is 0.921 bits per heavy atom. The average Bonchev–Trinajstić information content (AvgIpc) is 3.36. The van der Waals surface area contributed by atoms with E-state index in [-0.39, 0.29) is 34.6 Å². The van der Waals surface area contributed by atoms with Crippen LogP contribution in [0.5, 0.6) is 0 Å². The highest BCUT2D eigenvalue weighted by atomic mass is 35.5. The second-order valence-corrected chi connectivity index (χ2v) is 8.96. The second-order valence-electron chi connectivity index (χ2n) is 8.55. The van der Waals surface area contributed by atoms with Crippen LogP contribution in [0.1, 0.15) is 17.2 Å². The topological polar surface area (TPSA) is 117 Å². The van der Waals surface area contributed by atoms with Crippen molar-refractivity contribution in [2.75, 3.05) is 5.32 Å². The molecule has 196 valence electrons. The third kappa shape index (κ3) is 4.65. The van der Waals surface area contributed by atoms with Crippen molar-refractivity contribution in [1.29, 1.82) is 0 Å². The number of fused-ring (bicyclic) bond motifs is 1. The lowest BCUT2D eigenvalue weighted by Crippen LogP contribution is -2.43. The Bertz CT molecular complexity index is 1820. The predicted molar refractivity (Wildman–Crippen MR) is 132 cm³/mol. The summed E-state index contributed by atoms with van der Waals surface area (Å²) in [6, 6.07) is 4.22. The maximum absolute atomic E-state index is 14.5. The monoisotopic (exact) mass is 545 g/mol. The summed E-state index contributed by atoms with van der Waals surface area (Å²) in [6.45, 7) is 0.783. The number of hydrogen-bond acceptors (Lipinski definition) is 7. The summed E-state index contributed by atoms with van der Waals surface area (Å²) in [5.41, 5.74) is -1.33. The van der Waals surface area contributed by atoms with Crippen LogP contribution in [-0.2, 0) is 27.2 Å². The van der Waals surface area contributed by atoms with Crippen molar-refractivity contribution < 1.29 is 13.2 Å². The summed E-state index contributed by atoms with van der Waals surface area (Å²) < 4.78 is 46.7. The van der Waals surface area contributed by atoms with Crippen molar-refractivity contribution in [3.05, 3.63) is 91.1 Å². The van der Waals surface area contributed by atoms with Crippen LogP contribution in [0.2, 0.25) is 5.02 Å². The molecule has 2 aromatic carbocycles. The summed E-state index contributed by atoms with van der Waals surface area (Å²) in [5, 5.41) is 12.2. The van der Waals surface area contributed by atoms with Crippen LogP contribution in [0.15, 0.2) is 40.1 Å². The van der Waals surface area contributed by atoms with Crippen molar-refractivity contribution in [3.63, 3.8) is 0 Å². The van der Waals surface area contributed by atoms with Crippen LogP contribution in [0, 0.1) is 24.4 Å². The van der Waals surface area contributed by atoms with Gasteiger partial charge in [-0.3, -0.25) is 13.9 Å². The minimum atomic E-state index is -1.38. The molecule has 0 atom stereocenters. The number of anilines is 2. The van der Waals surface area contributed by atoms with E-state index < -0.39 is 35.4 Å². The molecule has 0 radical (unpaired) electrons. The fraction of sp³-hybridized carbons (Fsp3) is 0.217. The Kier molecular flexibility index (Phi) is 6.26. The average molecular weight is 546 g/mol. The van der Waals surface area contributed by atoms with E-state index in [1.54, 1.807) is 44.0 Å². The molecule has 3 aromatic heterocycles. The zero-order chi connectivity index (χ0) is 27.3. The smallest absolute Gasteiger partial charge is 0.324 e. The first-order valence-corrected chi connectivity index (χ1v) is 11.5. The van der Waals surface area contributed by atoms with E-state index in [2.05, 4.69) is 25.5 Å². The number of aromatic nitrogens is 8. The van der Waals surface area contributed by atoms with Crippen LogP contribution in [0.4, 0.5) is 24.8 Å². The van der Waals surface area contributed by atoms with Gasteiger partial charge < -0.3 is 5.32 Å². The lowest BCUT2D eigenvalue weighted by Gasteiger charge is -2.16. The molecule has 0 saturated heterocycles. The molecule has 11 nitrogen and oxygen atoms in total. The molecule has 0 aliphatic rings. The van der Waals surface area contributed by atoms with Gasteiger partial charge in [-0.1, -0.05) is 11.6 Å². The van der Waals surface area contributed by atoms with Crippen LogP contribution >= 0.6 is 11.6 Å². The Balaban J connectivity index is 1.65. The van der Waals surface area contributed by atoms with E-state index in [0.717, 1.165) is 9.13 Å². The Morgan fingerprint density at radius 3 is 2.37 bits per heavy atom. The zero-order valence-corrected chi connectivity index (χ0v) is 21.0. The van der Waals surface area contributed by atoms with Gasteiger partial charge in [-0.2, -0.15) is 15.2 Å². The van der Waals surface area contributed by atoms with Gasteiger partial charge in [0.25, 0.3) is 0 Å². The molecule has 1 N–H and O–H groups in total. The summed E-state index contributed by atoms with van der Waals surface area (Å²) in [7, 11) is 3.38. The van der Waals surface area contributed by atoms with Gasteiger partial charge in [0.1, 0.15) is 11.6 Å². The number of nitrogens with one attached hydrogen (secondary N) is 1. The predicted octanol–water partition coefficient (Wildman–Crippen LogP) is 2.64. The molecule has 3 heterocycles. The fourth-order valence-corrected chi connectivity index (χ4v) is 4.08. The first-order valence-electron chi connectivity index (χ1n) is 11.1. The van der Waals surface area contributed by atoms with Crippen LogP contribution < -0.4 is 16.7 Å². The van der Waals surface area contributed by atoms with Gasteiger partial charge in [0.05, 0.1) is 29.3 Å². The first kappa shape index (κ1) is 25.2. The molecule has 0 saturated carbocycles. The van der Waals surface area contributed by atoms with Crippen molar-refractivity contribution in [2.45, 2.75) is 20.0 Å². The molecule has 5 rings (SSSR count). The lowest BCUT2D eigenvalue weighted by atomic mass is 10.2. The second kappa shape index (κ2) is 9.45. The van der Waals surface area contributed by atoms with Crippen LogP contribution in [0.25, 0.3) is 10.9 Å². The minimum Gasteiger partial charge on any atom is -0.324 e. The van der Waals surface area contributed by atoms with E-state index in [4.69, 9.17) is 11.6 Å². The first-order chi connectivity index (χ1) is 18.0. The van der Waals surface area contributed by atoms with Gasteiger partial charge in [-0.05, 0) is 25.1 Å². The molecular weight excluding hydrogens is 527 g/mol. The number of rotatable bonds is 6. The van der Waals surface area contributed by atoms with Crippen molar-refractivity contribution in [3.8, 4) is 0 Å². The molecule has 5 aromatic rings. The molecule has 0 bridgehead atoms. The van der Waals surface area contributed by atoms with Gasteiger partial charge >= 0.3 is 11.4 Å². The third-order valence-electron chi connectivity index (χ3n) is 5.85. The highest BCUT2D eigenvalue weighted by Gasteiger charge is 2.20. The van der Waals surface area contributed by atoms with E-state index in [1.807, 2.05) is 0 Å². The molecular formula is C23H19ClF3N9O2. The Hall–Kier alpha value is -4.46. The van der Waals surface area contributed by atoms with Gasteiger partial charge in [-0.25, -0.2) is 32.3 Å². The maximum atomic E-state index is 14.5. The van der Waals surface area contributed by atoms with Crippen LogP contribution in [0.3, 0.4) is 0 Å². The van der Waals surface area contributed by atoms with E-state index in [0.29, 0.717) is 28.9 Å². The molecule has 0 amide bonds. The molecule has 38 heavy (non-hydrogen) atoms. The summed E-state index contributed by atoms with van der Waals surface area (Å²) in [5.74, 6) is -3.35. The Morgan fingerprint density at radius 2 is 1.66 bits per heavy atom. The number of benzene rings is 2. The highest BCUT2D eigenvalue weighted by molar-refractivity contribution is 6.34. The summed E-state index contributed by atoms with van der Waals surface area (Å²) in [4.78, 5) is 34.6. The quantitative estimate of drug-likeness (QED) is 0.326. The molecule has 0 spiro atoms. The molecule has 0 fully saturated rings. The van der Waals surface area contributed by atoms with Gasteiger partial charge in [0.2, 0.25) is 5.95 Å². The van der Waals surface area contributed by atoms with Gasteiger partial charge in [-0.15, -0.1) is 0 Å². The van der Waals surface area contributed by atoms with Crippen molar-refractivity contribution in [1.82, 2.24) is 38.7 Å². The number of nitrogens with zero attached hydrogens (tertiary/aromatic N) is 8. The van der Waals surface area contributed by atoms with Crippen LogP contribution in [-0.4, -0.2) is 38.7 Å². The maximum Gasteiger partial charge on any atom is 0.355 e. The lowest BCUT2D eigenvalue weighted by molar-refractivity contribution is 0.485. The van der Waals surface area contributed by atoms with Gasteiger partial charge in [0.15, 0.2) is 17.5 Å². The van der Waals surface area contributed by atoms with E-state index in [1.165, 1.54) is 4.68 Å². The normalized spacial score (nSPS) is 11.4. The summed E-state index contributed by atoms with van der Waals surface area (Å²) in [6.07, 6.45) is 1.73. The van der Waals surface area contributed by atoms with E-state index >= 15 is 0 Å². The number of aryl methyl sites for hydroxylation is 3. The van der Waals surface area contributed by atoms with Crippen molar-refractivity contribution in [2.24, 2.45) is 14.1 Å². The number of halogens is 4. The molecule has 0 unspecified atom stereocenters. The molecule has 0 aliphatic carbocycles. The Labute approximate surface area is 216 Å². The summed E-state index contributed by atoms with van der Waals surface area (Å²) >= 11 is 6.39. The fourth-order valence-electron chi connectivity index (χ4n) is 3.88. The number of hydrogen-bond donors (Lipinski definition) is 1. The van der Waals surface area contributed by atoms with Gasteiger partial charge in [0, 0.05) is 37.3 Å². The van der Waals surface area contributed by atoms with Crippen molar-refractivity contribution >= 4 is 34.1 Å². The standard InChI is InChI=1S/C23H19ClF3N9O2/c1-11-28-20(32-34(11)3)10-36-22(37)30-21(29-19-5-13-8-33(2)31-18(13)6-14(19)24)35(23(36)38)9-12-4-16(26)17(27)7-15(12)25/h4-8H,9-10H2,1-3H3,(H,29,30,37). The largest absolute Gasteiger partial charge is 0.355 e. The third-order valence-corrected chi connectivity index (χ3v) is 6.16. The molecule has 0 aliphatic heterocycles.